The third-order valence-electron chi connectivity index (χ3n) is 4.29. The van der Waals surface area contributed by atoms with E-state index in [1.165, 1.54) is 4.90 Å². The van der Waals surface area contributed by atoms with Crippen LogP contribution in [0.1, 0.15) is 35.2 Å². The molecule has 5 heteroatoms. The van der Waals surface area contributed by atoms with Gasteiger partial charge in [-0.05, 0) is 35.7 Å². The Morgan fingerprint density at radius 3 is 2.67 bits per heavy atom. The van der Waals surface area contributed by atoms with E-state index in [1.807, 2.05) is 37.3 Å². The van der Waals surface area contributed by atoms with E-state index in [1.54, 1.807) is 19.2 Å². The molecule has 0 aliphatic heterocycles. The number of amides is 1. The van der Waals surface area contributed by atoms with Crippen LogP contribution in [0.4, 0.5) is 5.69 Å². The van der Waals surface area contributed by atoms with Crippen molar-refractivity contribution in [2.24, 2.45) is 0 Å². The minimum Gasteiger partial charge on any atom is -0.483 e. The third kappa shape index (κ3) is 3.02. The van der Waals surface area contributed by atoms with Gasteiger partial charge in [-0.1, -0.05) is 36.7 Å². The van der Waals surface area contributed by atoms with Crippen LogP contribution >= 0.6 is 11.6 Å². The lowest BCUT2D eigenvalue weighted by Crippen LogP contribution is -2.31. The van der Waals surface area contributed by atoms with Crippen LogP contribution < -0.4 is 9.64 Å². The summed E-state index contributed by atoms with van der Waals surface area (Å²) in [5.41, 5.74) is 2.13. The highest BCUT2D eigenvalue weighted by Crippen LogP contribution is 2.42. The number of anilines is 1. The molecule has 0 fully saturated rings. The van der Waals surface area contributed by atoms with Gasteiger partial charge in [-0.2, -0.15) is 0 Å². The Morgan fingerprint density at radius 2 is 1.96 bits per heavy atom. The molecular weight excluding hydrogens is 326 g/mol. The molecule has 1 unspecified atom stereocenters. The summed E-state index contributed by atoms with van der Waals surface area (Å²) in [7, 11) is 1.69. The molecule has 0 bridgehead atoms. The van der Waals surface area contributed by atoms with Crippen molar-refractivity contribution < 1.29 is 14.3 Å². The first-order chi connectivity index (χ1) is 11.5. The van der Waals surface area contributed by atoms with E-state index >= 15 is 0 Å². The molecule has 1 amide bonds. The first-order valence-electron chi connectivity index (χ1n) is 7.79. The molecule has 1 aliphatic rings. The number of para-hydroxylation sites is 1. The lowest BCUT2D eigenvalue weighted by atomic mass is 10.0. The topological polar surface area (TPSA) is 46.6 Å². The number of nitrogens with zero attached hydrogens (tertiary/aromatic N) is 1. The predicted octanol–water partition coefficient (Wildman–Crippen LogP) is 4.07. The van der Waals surface area contributed by atoms with Crippen molar-refractivity contribution in [1.29, 1.82) is 0 Å². The fourth-order valence-corrected chi connectivity index (χ4v) is 3.32. The highest BCUT2D eigenvalue weighted by Gasteiger charge is 2.32. The SMILES string of the molecule is CC1CC(=O)c2c(OCC(=O)N(C)c3ccccc3)ccc(Cl)c21. The van der Waals surface area contributed by atoms with E-state index in [2.05, 4.69) is 0 Å². The quantitative estimate of drug-likeness (QED) is 0.840. The Kier molecular flexibility index (Phi) is 4.58. The number of hydrogen-bond acceptors (Lipinski definition) is 3. The molecule has 0 aromatic heterocycles. The minimum absolute atomic E-state index is 0.0128. The van der Waals surface area contributed by atoms with Gasteiger partial charge in [-0.25, -0.2) is 0 Å². The van der Waals surface area contributed by atoms with Crippen LogP contribution in [0.5, 0.6) is 5.75 Å². The smallest absolute Gasteiger partial charge is 0.264 e. The van der Waals surface area contributed by atoms with Crippen LogP contribution in [-0.2, 0) is 4.79 Å². The van der Waals surface area contributed by atoms with Gasteiger partial charge in [-0.15, -0.1) is 0 Å². The highest BCUT2D eigenvalue weighted by molar-refractivity contribution is 6.32. The summed E-state index contributed by atoms with van der Waals surface area (Å²) in [6, 6.07) is 12.7. The van der Waals surface area contributed by atoms with Crippen molar-refractivity contribution in [2.75, 3.05) is 18.6 Å². The number of halogens is 1. The van der Waals surface area contributed by atoms with Gasteiger partial charge >= 0.3 is 0 Å². The largest absolute Gasteiger partial charge is 0.483 e. The van der Waals surface area contributed by atoms with Gasteiger partial charge in [0.1, 0.15) is 5.75 Å². The summed E-state index contributed by atoms with van der Waals surface area (Å²) < 4.78 is 5.66. The van der Waals surface area contributed by atoms with Gasteiger partial charge in [0.15, 0.2) is 12.4 Å². The number of rotatable bonds is 4. The molecule has 0 saturated heterocycles. The normalized spacial score (nSPS) is 16.0. The molecule has 0 heterocycles. The van der Waals surface area contributed by atoms with Crippen molar-refractivity contribution in [3.8, 4) is 5.75 Å². The number of likely N-dealkylation sites (N-methyl/N-ethyl adjacent to an activating group) is 1. The van der Waals surface area contributed by atoms with Crippen molar-refractivity contribution in [3.63, 3.8) is 0 Å². The molecule has 1 aliphatic carbocycles. The van der Waals surface area contributed by atoms with Crippen molar-refractivity contribution in [2.45, 2.75) is 19.3 Å². The number of hydrogen-bond donors (Lipinski definition) is 0. The maximum Gasteiger partial charge on any atom is 0.264 e. The zero-order valence-corrected chi connectivity index (χ0v) is 14.3. The number of ether oxygens (including phenoxy) is 1. The lowest BCUT2D eigenvalue weighted by Gasteiger charge is -2.18. The molecule has 124 valence electrons. The molecule has 3 rings (SSSR count). The number of carbonyl (C=O) groups is 2. The maximum absolute atomic E-state index is 12.3. The number of carbonyl (C=O) groups excluding carboxylic acids is 2. The van der Waals surface area contributed by atoms with Crippen LogP contribution in [0, 0.1) is 0 Å². The van der Waals surface area contributed by atoms with Crippen molar-refractivity contribution in [1.82, 2.24) is 0 Å². The Bertz CT molecular complexity index is 789. The molecular formula is C19H18ClNO3. The summed E-state index contributed by atoms with van der Waals surface area (Å²) in [5.74, 6) is 0.326. The molecule has 24 heavy (non-hydrogen) atoms. The van der Waals surface area contributed by atoms with Crippen LogP contribution in [0.25, 0.3) is 0 Å². The first kappa shape index (κ1) is 16.5. The summed E-state index contributed by atoms with van der Waals surface area (Å²) in [4.78, 5) is 26.1. The predicted molar refractivity (Wildman–Crippen MR) is 94.2 cm³/mol. The van der Waals surface area contributed by atoms with E-state index in [0.29, 0.717) is 22.8 Å². The minimum atomic E-state index is -0.191. The number of ketones is 1. The number of fused-ring (bicyclic) bond motifs is 1. The van der Waals surface area contributed by atoms with Gasteiger partial charge in [0.25, 0.3) is 5.91 Å². The summed E-state index contributed by atoms with van der Waals surface area (Å²) in [6.07, 6.45) is 0.424. The summed E-state index contributed by atoms with van der Waals surface area (Å²) in [6.45, 7) is 1.83. The fourth-order valence-electron chi connectivity index (χ4n) is 2.98. The van der Waals surface area contributed by atoms with Gasteiger partial charge < -0.3 is 9.64 Å². The van der Waals surface area contributed by atoms with Crippen LogP contribution in [0.2, 0.25) is 5.02 Å². The van der Waals surface area contributed by atoms with Gasteiger partial charge in [0, 0.05) is 24.2 Å². The Morgan fingerprint density at radius 1 is 1.25 bits per heavy atom. The Hall–Kier alpha value is -2.33. The second-order valence-corrected chi connectivity index (χ2v) is 6.35. The molecule has 0 N–H and O–H groups in total. The monoisotopic (exact) mass is 343 g/mol. The third-order valence-corrected chi connectivity index (χ3v) is 4.62. The average Bonchev–Trinajstić information content (AvgIpc) is 2.90. The fraction of sp³-hybridized carbons (Fsp3) is 0.263. The molecule has 1 atom stereocenters. The van der Waals surface area contributed by atoms with E-state index in [9.17, 15) is 9.59 Å². The maximum atomic E-state index is 12.3. The molecule has 2 aromatic rings. The Labute approximate surface area is 146 Å². The zero-order valence-electron chi connectivity index (χ0n) is 13.6. The second kappa shape index (κ2) is 6.65. The molecule has 4 nitrogen and oxygen atoms in total. The number of benzene rings is 2. The second-order valence-electron chi connectivity index (χ2n) is 5.94. The highest BCUT2D eigenvalue weighted by atomic mass is 35.5. The molecule has 2 aromatic carbocycles. The molecule has 0 radical (unpaired) electrons. The standard InChI is InChI=1S/C19H18ClNO3/c1-12-10-15(22)19-16(9-8-14(20)18(12)19)24-11-17(23)21(2)13-6-4-3-5-7-13/h3-9,12H,10-11H2,1-2H3. The van der Waals surface area contributed by atoms with Crippen LogP contribution in [0.15, 0.2) is 42.5 Å². The molecule has 0 spiro atoms. The lowest BCUT2D eigenvalue weighted by molar-refractivity contribution is -0.120. The van der Waals surface area contributed by atoms with E-state index in [-0.39, 0.29) is 24.2 Å². The van der Waals surface area contributed by atoms with Crippen molar-refractivity contribution >= 4 is 29.0 Å². The van der Waals surface area contributed by atoms with Gasteiger partial charge in [0.2, 0.25) is 0 Å². The van der Waals surface area contributed by atoms with E-state index in [0.717, 1.165) is 11.3 Å². The summed E-state index contributed by atoms with van der Waals surface area (Å²) in [5, 5.41) is 0.573. The first-order valence-corrected chi connectivity index (χ1v) is 8.17. The van der Waals surface area contributed by atoms with Crippen LogP contribution in [-0.4, -0.2) is 25.3 Å². The van der Waals surface area contributed by atoms with Crippen molar-refractivity contribution in [3.05, 3.63) is 58.6 Å². The number of Topliss-reactive ketones (excluding diaryl/α,β-unsaturated/α-hetero) is 1. The zero-order chi connectivity index (χ0) is 17.3. The van der Waals surface area contributed by atoms with Crippen LogP contribution in [0.3, 0.4) is 0 Å². The Balaban J connectivity index is 1.76. The van der Waals surface area contributed by atoms with Gasteiger partial charge in [-0.3, -0.25) is 9.59 Å². The van der Waals surface area contributed by atoms with Gasteiger partial charge in [0.05, 0.1) is 5.56 Å². The van der Waals surface area contributed by atoms with E-state index in [4.69, 9.17) is 16.3 Å². The summed E-state index contributed by atoms with van der Waals surface area (Å²) >= 11 is 6.21. The average molecular weight is 344 g/mol. The van der Waals surface area contributed by atoms with E-state index < -0.39 is 0 Å². The molecule has 0 saturated carbocycles.